The van der Waals surface area contributed by atoms with E-state index in [9.17, 15) is 4.79 Å². The van der Waals surface area contributed by atoms with Crippen LogP contribution in [0.3, 0.4) is 0 Å². The van der Waals surface area contributed by atoms with E-state index in [-0.39, 0.29) is 5.91 Å². The highest BCUT2D eigenvalue weighted by Crippen LogP contribution is 2.19. The molecule has 4 nitrogen and oxygen atoms in total. The molecule has 4 aromatic rings. The van der Waals surface area contributed by atoms with Crippen molar-refractivity contribution in [1.82, 2.24) is 15.1 Å². The summed E-state index contributed by atoms with van der Waals surface area (Å²) >= 11 is 0. The quantitative estimate of drug-likeness (QED) is 0.583. The average Bonchev–Trinajstić information content (AvgIpc) is 3.00. The van der Waals surface area contributed by atoms with Crippen LogP contribution >= 0.6 is 0 Å². The largest absolute Gasteiger partial charge is 0.348 e. The standard InChI is InChI=1S/C23H21N3O/c1-16-22(17(2)26(25-16)21-10-4-3-5-11-21)15-24-23(27)20-13-12-18-8-6-7-9-19(18)14-20/h3-14H,15H2,1-2H3,(H,24,27). The predicted octanol–water partition coefficient (Wildman–Crippen LogP) is 4.57. The Bertz CT molecular complexity index is 1110. The van der Waals surface area contributed by atoms with Crippen LogP contribution in [-0.4, -0.2) is 15.7 Å². The highest BCUT2D eigenvalue weighted by Gasteiger charge is 2.14. The molecule has 4 heteroatoms. The van der Waals surface area contributed by atoms with Crippen molar-refractivity contribution in [2.45, 2.75) is 20.4 Å². The molecule has 0 radical (unpaired) electrons. The minimum absolute atomic E-state index is 0.0768. The van der Waals surface area contributed by atoms with Crippen LogP contribution in [-0.2, 0) is 6.54 Å². The molecule has 0 saturated heterocycles. The van der Waals surface area contributed by atoms with E-state index in [1.807, 2.05) is 91.3 Å². The Hall–Kier alpha value is -3.40. The molecule has 0 atom stereocenters. The monoisotopic (exact) mass is 355 g/mol. The molecule has 0 spiro atoms. The fourth-order valence-corrected chi connectivity index (χ4v) is 3.35. The van der Waals surface area contributed by atoms with Crippen molar-refractivity contribution < 1.29 is 4.79 Å². The molecule has 1 amide bonds. The summed E-state index contributed by atoms with van der Waals surface area (Å²) in [5.41, 5.74) is 4.70. The van der Waals surface area contributed by atoms with Gasteiger partial charge in [0.1, 0.15) is 0 Å². The van der Waals surface area contributed by atoms with E-state index in [0.717, 1.165) is 33.4 Å². The topological polar surface area (TPSA) is 46.9 Å². The highest BCUT2D eigenvalue weighted by molar-refractivity contribution is 5.98. The van der Waals surface area contributed by atoms with Crippen molar-refractivity contribution in [3.05, 3.63) is 95.3 Å². The summed E-state index contributed by atoms with van der Waals surface area (Å²) in [6.45, 7) is 4.46. The van der Waals surface area contributed by atoms with Crippen molar-refractivity contribution in [3.8, 4) is 5.69 Å². The minimum atomic E-state index is -0.0768. The van der Waals surface area contributed by atoms with Gasteiger partial charge in [-0.15, -0.1) is 0 Å². The van der Waals surface area contributed by atoms with Crippen LogP contribution < -0.4 is 5.32 Å². The Balaban J connectivity index is 1.54. The molecule has 0 unspecified atom stereocenters. The third-order valence-corrected chi connectivity index (χ3v) is 4.88. The molecule has 134 valence electrons. The van der Waals surface area contributed by atoms with Gasteiger partial charge in [-0.05, 0) is 48.9 Å². The summed E-state index contributed by atoms with van der Waals surface area (Å²) in [6.07, 6.45) is 0. The number of carbonyl (C=O) groups is 1. The van der Waals surface area contributed by atoms with E-state index in [4.69, 9.17) is 0 Å². The second-order valence-corrected chi connectivity index (χ2v) is 6.64. The predicted molar refractivity (Wildman–Crippen MR) is 108 cm³/mol. The molecule has 1 N–H and O–H groups in total. The zero-order valence-corrected chi connectivity index (χ0v) is 15.4. The Morgan fingerprint density at radius 1 is 0.926 bits per heavy atom. The second kappa shape index (κ2) is 7.08. The van der Waals surface area contributed by atoms with Crippen LogP contribution in [0.1, 0.15) is 27.3 Å². The SMILES string of the molecule is Cc1nn(-c2ccccc2)c(C)c1CNC(=O)c1ccc2ccccc2c1. The number of para-hydroxylation sites is 1. The lowest BCUT2D eigenvalue weighted by Gasteiger charge is -2.08. The van der Waals surface area contributed by atoms with Gasteiger partial charge in [0.15, 0.2) is 0 Å². The number of fused-ring (bicyclic) bond motifs is 1. The lowest BCUT2D eigenvalue weighted by Crippen LogP contribution is -2.23. The van der Waals surface area contributed by atoms with E-state index < -0.39 is 0 Å². The lowest BCUT2D eigenvalue weighted by molar-refractivity contribution is 0.0951. The van der Waals surface area contributed by atoms with Crippen molar-refractivity contribution in [3.63, 3.8) is 0 Å². The number of carbonyl (C=O) groups excluding carboxylic acids is 1. The van der Waals surface area contributed by atoms with E-state index in [1.165, 1.54) is 0 Å². The number of rotatable bonds is 4. The smallest absolute Gasteiger partial charge is 0.251 e. The summed E-state index contributed by atoms with van der Waals surface area (Å²) in [6, 6.07) is 23.8. The van der Waals surface area contributed by atoms with Gasteiger partial charge in [0.25, 0.3) is 5.91 Å². The van der Waals surface area contributed by atoms with Gasteiger partial charge in [0.2, 0.25) is 0 Å². The molecule has 0 aliphatic carbocycles. The van der Waals surface area contributed by atoms with Crippen LogP contribution in [0.25, 0.3) is 16.5 Å². The van der Waals surface area contributed by atoms with Crippen LogP contribution in [0.5, 0.6) is 0 Å². The molecular formula is C23H21N3O. The van der Waals surface area contributed by atoms with Crippen molar-refractivity contribution in [2.75, 3.05) is 0 Å². The summed E-state index contributed by atoms with van der Waals surface area (Å²) in [7, 11) is 0. The van der Waals surface area contributed by atoms with Crippen LogP contribution in [0.4, 0.5) is 0 Å². The van der Waals surface area contributed by atoms with Gasteiger partial charge in [-0.2, -0.15) is 5.10 Å². The summed E-state index contributed by atoms with van der Waals surface area (Å²) in [5, 5.41) is 9.87. The average molecular weight is 355 g/mol. The van der Waals surface area contributed by atoms with E-state index >= 15 is 0 Å². The number of nitrogens with zero attached hydrogens (tertiary/aromatic N) is 2. The first-order valence-electron chi connectivity index (χ1n) is 9.01. The van der Waals surface area contributed by atoms with E-state index in [1.54, 1.807) is 0 Å². The van der Waals surface area contributed by atoms with Crippen LogP contribution in [0, 0.1) is 13.8 Å². The molecular weight excluding hydrogens is 334 g/mol. The van der Waals surface area contributed by atoms with Gasteiger partial charge in [0.05, 0.1) is 11.4 Å². The second-order valence-electron chi connectivity index (χ2n) is 6.64. The first kappa shape index (κ1) is 17.0. The maximum Gasteiger partial charge on any atom is 0.251 e. The highest BCUT2D eigenvalue weighted by atomic mass is 16.1. The van der Waals surface area contributed by atoms with Crippen LogP contribution in [0.15, 0.2) is 72.8 Å². The molecule has 27 heavy (non-hydrogen) atoms. The first-order chi connectivity index (χ1) is 13.1. The molecule has 1 aromatic heterocycles. The number of amides is 1. The molecule has 4 rings (SSSR count). The Labute approximate surface area is 158 Å². The maximum absolute atomic E-state index is 12.6. The normalized spacial score (nSPS) is 10.9. The van der Waals surface area contributed by atoms with Gasteiger partial charge >= 0.3 is 0 Å². The molecule has 0 aliphatic heterocycles. The van der Waals surface area contributed by atoms with E-state index in [2.05, 4.69) is 10.4 Å². The fraction of sp³-hybridized carbons (Fsp3) is 0.130. The van der Waals surface area contributed by atoms with Crippen molar-refractivity contribution >= 4 is 16.7 Å². The molecule has 3 aromatic carbocycles. The molecule has 0 saturated carbocycles. The Morgan fingerprint density at radius 3 is 2.41 bits per heavy atom. The van der Waals surface area contributed by atoms with Gasteiger partial charge < -0.3 is 5.32 Å². The number of hydrogen-bond donors (Lipinski definition) is 1. The van der Waals surface area contributed by atoms with Crippen LogP contribution in [0.2, 0.25) is 0 Å². The molecule has 0 bridgehead atoms. The molecule has 1 heterocycles. The van der Waals surface area contributed by atoms with Crippen molar-refractivity contribution in [2.24, 2.45) is 0 Å². The first-order valence-corrected chi connectivity index (χ1v) is 9.01. The number of benzene rings is 3. The maximum atomic E-state index is 12.6. The van der Waals surface area contributed by atoms with E-state index in [0.29, 0.717) is 12.1 Å². The van der Waals surface area contributed by atoms with Gasteiger partial charge in [0, 0.05) is 23.4 Å². The van der Waals surface area contributed by atoms with Gasteiger partial charge in [-0.25, -0.2) is 4.68 Å². The molecule has 0 fully saturated rings. The Kier molecular flexibility index (Phi) is 4.47. The van der Waals surface area contributed by atoms with Gasteiger partial charge in [-0.3, -0.25) is 4.79 Å². The third-order valence-electron chi connectivity index (χ3n) is 4.88. The number of hydrogen-bond acceptors (Lipinski definition) is 2. The fourth-order valence-electron chi connectivity index (χ4n) is 3.35. The number of nitrogens with one attached hydrogen (secondary N) is 1. The zero-order valence-electron chi connectivity index (χ0n) is 15.4. The summed E-state index contributed by atoms with van der Waals surface area (Å²) < 4.78 is 1.92. The summed E-state index contributed by atoms with van der Waals surface area (Å²) in [4.78, 5) is 12.6. The Morgan fingerprint density at radius 2 is 1.63 bits per heavy atom. The lowest BCUT2D eigenvalue weighted by atomic mass is 10.1. The number of aryl methyl sites for hydroxylation is 1. The third kappa shape index (κ3) is 3.34. The molecule has 0 aliphatic rings. The minimum Gasteiger partial charge on any atom is -0.348 e. The van der Waals surface area contributed by atoms with Gasteiger partial charge in [-0.1, -0.05) is 48.5 Å². The summed E-state index contributed by atoms with van der Waals surface area (Å²) in [5.74, 6) is -0.0768. The van der Waals surface area contributed by atoms with Crippen molar-refractivity contribution in [1.29, 1.82) is 0 Å². The zero-order chi connectivity index (χ0) is 18.8. The number of aromatic nitrogens is 2.